The quantitative estimate of drug-likeness (QED) is 0.572. The Labute approximate surface area is 118 Å². The molecule has 0 spiro atoms. The number of hydrogen-bond acceptors (Lipinski definition) is 5. The molecule has 20 heavy (non-hydrogen) atoms. The smallest absolute Gasteiger partial charge is 0.412 e. The van der Waals surface area contributed by atoms with Crippen LogP contribution in [0, 0.1) is 5.41 Å². The van der Waals surface area contributed by atoms with Crippen LogP contribution in [0.3, 0.4) is 0 Å². The molecular weight excluding hydrogens is 256 g/mol. The van der Waals surface area contributed by atoms with Crippen LogP contribution in [0.5, 0.6) is 0 Å². The lowest BCUT2D eigenvalue weighted by atomic mass is 10.1. The largest absolute Gasteiger partial charge is 0.450 e. The highest BCUT2D eigenvalue weighted by Crippen LogP contribution is 2.15. The molecule has 1 heterocycles. The summed E-state index contributed by atoms with van der Waals surface area (Å²) in [6.45, 7) is 5.96. The van der Waals surface area contributed by atoms with E-state index in [1.165, 1.54) is 0 Å². The van der Waals surface area contributed by atoms with E-state index in [1.807, 2.05) is 24.3 Å². The molecule has 0 radical (unpaired) electrons. The second-order valence-corrected chi connectivity index (χ2v) is 4.50. The first-order valence-corrected chi connectivity index (χ1v) is 6.79. The second-order valence-electron chi connectivity index (χ2n) is 4.50. The fourth-order valence-electron chi connectivity index (χ4n) is 2.10. The summed E-state index contributed by atoms with van der Waals surface area (Å²) in [5.74, 6) is 0.0512. The maximum Gasteiger partial charge on any atom is 0.412 e. The van der Waals surface area contributed by atoms with E-state index in [2.05, 4.69) is 15.5 Å². The van der Waals surface area contributed by atoms with Crippen molar-refractivity contribution in [2.24, 2.45) is 0 Å². The lowest BCUT2D eigenvalue weighted by Crippen LogP contribution is -2.43. The number of alkyl carbamates (subject to hydrolysis) is 1. The van der Waals surface area contributed by atoms with Gasteiger partial charge in [-0.3, -0.25) is 10.7 Å². The lowest BCUT2D eigenvalue weighted by Gasteiger charge is -2.29. The van der Waals surface area contributed by atoms with Crippen LogP contribution in [-0.2, 0) is 4.74 Å². The van der Waals surface area contributed by atoms with Gasteiger partial charge in [-0.1, -0.05) is 0 Å². The minimum atomic E-state index is -0.594. The van der Waals surface area contributed by atoms with Crippen LogP contribution in [-0.4, -0.2) is 44.7 Å². The van der Waals surface area contributed by atoms with E-state index in [9.17, 15) is 4.79 Å². The number of benzene rings is 1. The SMILES string of the molecule is CCOC(=O)NC(=N)c1ccc(N2CCNCC2)cc1. The molecule has 6 heteroatoms. The Balaban J connectivity index is 1.96. The number of anilines is 1. The van der Waals surface area contributed by atoms with Gasteiger partial charge < -0.3 is 15.0 Å². The molecule has 0 atom stereocenters. The summed E-state index contributed by atoms with van der Waals surface area (Å²) in [5, 5.41) is 13.5. The highest BCUT2D eigenvalue weighted by Gasteiger charge is 2.11. The number of rotatable bonds is 3. The number of hydrogen-bond donors (Lipinski definition) is 3. The molecular formula is C14H20N4O2. The maximum absolute atomic E-state index is 11.3. The number of amides is 1. The van der Waals surface area contributed by atoms with Crippen molar-refractivity contribution < 1.29 is 9.53 Å². The average Bonchev–Trinajstić information content (AvgIpc) is 2.48. The van der Waals surface area contributed by atoms with Gasteiger partial charge in [-0.2, -0.15) is 0 Å². The summed E-state index contributed by atoms with van der Waals surface area (Å²) in [6, 6.07) is 7.63. The molecule has 1 aliphatic rings. The van der Waals surface area contributed by atoms with Gasteiger partial charge >= 0.3 is 6.09 Å². The Hall–Kier alpha value is -2.08. The van der Waals surface area contributed by atoms with Crippen molar-refractivity contribution in [3.05, 3.63) is 29.8 Å². The third-order valence-electron chi connectivity index (χ3n) is 3.14. The van der Waals surface area contributed by atoms with E-state index in [1.54, 1.807) is 6.92 Å². The number of nitrogens with zero attached hydrogens (tertiary/aromatic N) is 1. The molecule has 0 bridgehead atoms. The third-order valence-corrected chi connectivity index (χ3v) is 3.14. The van der Waals surface area contributed by atoms with E-state index >= 15 is 0 Å². The van der Waals surface area contributed by atoms with E-state index < -0.39 is 6.09 Å². The lowest BCUT2D eigenvalue weighted by molar-refractivity contribution is 0.158. The van der Waals surface area contributed by atoms with Crippen molar-refractivity contribution in [1.82, 2.24) is 10.6 Å². The van der Waals surface area contributed by atoms with Gasteiger partial charge in [0.15, 0.2) is 0 Å². The molecule has 2 rings (SSSR count). The number of piperazine rings is 1. The molecule has 3 N–H and O–H groups in total. The highest BCUT2D eigenvalue weighted by atomic mass is 16.5. The molecule has 1 aromatic rings. The monoisotopic (exact) mass is 276 g/mol. The number of ether oxygens (including phenoxy) is 1. The second kappa shape index (κ2) is 6.91. The fraction of sp³-hybridized carbons (Fsp3) is 0.429. The first-order chi connectivity index (χ1) is 9.70. The van der Waals surface area contributed by atoms with Crippen LogP contribution in [0.2, 0.25) is 0 Å². The Bertz CT molecular complexity index is 467. The minimum Gasteiger partial charge on any atom is -0.450 e. The molecule has 1 saturated heterocycles. The van der Waals surface area contributed by atoms with E-state index in [0.29, 0.717) is 12.2 Å². The van der Waals surface area contributed by atoms with Crippen LogP contribution in [0.15, 0.2) is 24.3 Å². The summed E-state index contributed by atoms with van der Waals surface area (Å²) in [7, 11) is 0. The minimum absolute atomic E-state index is 0.0512. The third kappa shape index (κ3) is 3.71. The van der Waals surface area contributed by atoms with Crippen LogP contribution in [0.4, 0.5) is 10.5 Å². The van der Waals surface area contributed by atoms with Gasteiger partial charge in [-0.05, 0) is 31.2 Å². The summed E-state index contributed by atoms with van der Waals surface area (Å²) in [6.07, 6.45) is -0.594. The Morgan fingerprint density at radius 2 is 2.00 bits per heavy atom. The van der Waals surface area contributed by atoms with Crippen molar-refractivity contribution in [3.63, 3.8) is 0 Å². The summed E-state index contributed by atoms with van der Waals surface area (Å²) in [4.78, 5) is 13.5. The number of nitrogens with one attached hydrogen (secondary N) is 3. The topological polar surface area (TPSA) is 77.5 Å². The van der Waals surface area contributed by atoms with Crippen LogP contribution >= 0.6 is 0 Å². The van der Waals surface area contributed by atoms with Crippen LogP contribution in [0.25, 0.3) is 0 Å². The van der Waals surface area contributed by atoms with Crippen molar-refractivity contribution in [1.29, 1.82) is 5.41 Å². The van der Waals surface area contributed by atoms with Crippen LogP contribution in [0.1, 0.15) is 12.5 Å². The molecule has 1 aliphatic heterocycles. The predicted octanol–water partition coefficient (Wildman–Crippen LogP) is 1.17. The van der Waals surface area contributed by atoms with Crippen LogP contribution < -0.4 is 15.5 Å². The van der Waals surface area contributed by atoms with Gasteiger partial charge in [0, 0.05) is 37.4 Å². The van der Waals surface area contributed by atoms with E-state index in [4.69, 9.17) is 10.1 Å². The zero-order valence-electron chi connectivity index (χ0n) is 11.6. The van der Waals surface area contributed by atoms with Gasteiger partial charge in [-0.25, -0.2) is 4.79 Å². The number of carbonyl (C=O) groups is 1. The molecule has 108 valence electrons. The van der Waals surface area contributed by atoms with Crippen molar-refractivity contribution in [2.45, 2.75) is 6.92 Å². The average molecular weight is 276 g/mol. The van der Waals surface area contributed by atoms with Crippen molar-refractivity contribution >= 4 is 17.6 Å². The zero-order valence-corrected chi connectivity index (χ0v) is 11.6. The maximum atomic E-state index is 11.3. The zero-order chi connectivity index (χ0) is 14.4. The van der Waals surface area contributed by atoms with Crippen molar-refractivity contribution in [2.75, 3.05) is 37.7 Å². The normalized spacial score (nSPS) is 14.8. The Kier molecular flexibility index (Phi) is 4.95. The predicted molar refractivity (Wildman–Crippen MR) is 78.5 cm³/mol. The van der Waals surface area contributed by atoms with E-state index in [-0.39, 0.29) is 5.84 Å². The molecule has 1 aromatic carbocycles. The molecule has 0 unspecified atom stereocenters. The molecule has 0 aromatic heterocycles. The molecule has 1 fully saturated rings. The van der Waals surface area contributed by atoms with Gasteiger partial charge in [0.05, 0.1) is 6.61 Å². The van der Waals surface area contributed by atoms with Crippen molar-refractivity contribution in [3.8, 4) is 0 Å². The van der Waals surface area contributed by atoms with Gasteiger partial charge in [-0.15, -0.1) is 0 Å². The number of amidine groups is 1. The Morgan fingerprint density at radius 3 is 2.60 bits per heavy atom. The highest BCUT2D eigenvalue weighted by molar-refractivity contribution is 6.04. The van der Waals surface area contributed by atoms with Gasteiger partial charge in [0.25, 0.3) is 0 Å². The fourth-order valence-corrected chi connectivity index (χ4v) is 2.10. The summed E-state index contributed by atoms with van der Waals surface area (Å²) in [5.41, 5.74) is 1.80. The molecule has 1 amide bonds. The van der Waals surface area contributed by atoms with Gasteiger partial charge in [0.2, 0.25) is 0 Å². The summed E-state index contributed by atoms with van der Waals surface area (Å²) < 4.78 is 4.75. The van der Waals surface area contributed by atoms with E-state index in [0.717, 1.165) is 31.9 Å². The van der Waals surface area contributed by atoms with Gasteiger partial charge in [0.1, 0.15) is 5.84 Å². The molecule has 0 saturated carbocycles. The molecule has 0 aliphatic carbocycles. The Morgan fingerprint density at radius 1 is 1.35 bits per heavy atom. The first-order valence-electron chi connectivity index (χ1n) is 6.79. The number of carbonyl (C=O) groups excluding carboxylic acids is 1. The summed E-state index contributed by atoms with van der Waals surface area (Å²) >= 11 is 0. The first kappa shape index (κ1) is 14.3. The standard InChI is InChI=1S/C14H20N4O2/c1-2-20-14(19)17-13(15)11-3-5-12(6-4-11)18-9-7-16-8-10-18/h3-6,16H,2,7-10H2,1H3,(H2,15,17,19). The molecule has 6 nitrogen and oxygen atoms in total.